The average molecular weight is 253 g/mol. The van der Waals surface area contributed by atoms with E-state index in [1.165, 1.54) is 0 Å². The first-order valence-electron chi connectivity index (χ1n) is 5.02. The molecule has 1 heterocycles. The molecule has 0 aromatic carbocycles. The Hall–Kier alpha value is -1.15. The fraction of sp³-hybridized carbons (Fsp3) is 0.778. The van der Waals surface area contributed by atoms with Gasteiger partial charge in [0.25, 0.3) is 0 Å². The monoisotopic (exact) mass is 253 g/mol. The minimum absolute atomic E-state index is 0.0559. The third-order valence-corrected chi connectivity index (χ3v) is 1.98. The van der Waals surface area contributed by atoms with Gasteiger partial charge in [-0.05, 0) is 5.92 Å². The molecule has 0 spiro atoms. The van der Waals surface area contributed by atoms with E-state index in [0.717, 1.165) is 0 Å². The molecule has 1 rings (SSSR count). The van der Waals surface area contributed by atoms with Gasteiger partial charge >= 0.3 is 6.18 Å². The quantitative estimate of drug-likeness (QED) is 0.866. The Bertz CT molecular complexity index is 352. The summed E-state index contributed by atoms with van der Waals surface area (Å²) >= 11 is 0. The van der Waals surface area contributed by atoms with Gasteiger partial charge in [-0.25, -0.2) is 0 Å². The van der Waals surface area contributed by atoms with Gasteiger partial charge in [0.15, 0.2) is 5.82 Å². The average Bonchev–Trinajstić information content (AvgIpc) is 2.63. The number of halogens is 3. The predicted molar refractivity (Wildman–Crippen MR) is 51.8 cm³/mol. The number of hydrogen-bond acceptors (Lipinski definition) is 5. The van der Waals surface area contributed by atoms with Gasteiger partial charge in [-0.15, -0.1) is 0 Å². The fourth-order valence-electron chi connectivity index (χ4n) is 1.00. The zero-order chi connectivity index (χ0) is 13.1. The summed E-state index contributed by atoms with van der Waals surface area (Å²) in [4.78, 5) is 3.86. The Morgan fingerprint density at radius 2 is 2.06 bits per heavy atom. The number of alkyl halides is 3. The van der Waals surface area contributed by atoms with Crippen molar-refractivity contribution in [1.29, 1.82) is 0 Å². The summed E-state index contributed by atoms with van der Waals surface area (Å²) in [6, 6.07) is -0.432. The number of rotatable bonds is 5. The Balaban J connectivity index is 2.46. The summed E-state index contributed by atoms with van der Waals surface area (Å²) < 4.78 is 44.6. The lowest BCUT2D eigenvalue weighted by molar-refractivity contribution is -0.177. The summed E-state index contributed by atoms with van der Waals surface area (Å²) in [6.45, 7) is 2.05. The molecular formula is C9H14F3N3O2. The molecule has 0 aliphatic carbocycles. The lowest BCUT2D eigenvalue weighted by Gasteiger charge is -2.09. The molecular weight excluding hydrogens is 239 g/mol. The molecule has 98 valence electrons. The summed E-state index contributed by atoms with van der Waals surface area (Å²) in [5.74, 6) is 0.352. The highest BCUT2D eigenvalue weighted by Crippen LogP contribution is 2.18. The van der Waals surface area contributed by atoms with Crippen molar-refractivity contribution in [2.75, 3.05) is 6.61 Å². The SMILES string of the molecule is CC(C)[C@@H](N)c1nc(COCC(F)(F)F)no1. The first-order valence-corrected chi connectivity index (χ1v) is 5.02. The van der Waals surface area contributed by atoms with Gasteiger partial charge < -0.3 is 15.0 Å². The molecule has 0 radical (unpaired) electrons. The summed E-state index contributed by atoms with van der Waals surface area (Å²) in [5, 5.41) is 3.48. The highest BCUT2D eigenvalue weighted by Gasteiger charge is 2.27. The van der Waals surface area contributed by atoms with Crippen molar-refractivity contribution in [2.24, 2.45) is 11.7 Å². The van der Waals surface area contributed by atoms with Gasteiger partial charge in [-0.1, -0.05) is 19.0 Å². The van der Waals surface area contributed by atoms with Crippen molar-refractivity contribution >= 4 is 0 Å². The van der Waals surface area contributed by atoms with E-state index in [-0.39, 0.29) is 24.2 Å². The Labute approximate surface area is 96.1 Å². The van der Waals surface area contributed by atoms with Crippen molar-refractivity contribution in [3.8, 4) is 0 Å². The minimum Gasteiger partial charge on any atom is -0.364 e. The van der Waals surface area contributed by atoms with Crippen molar-refractivity contribution in [3.05, 3.63) is 11.7 Å². The highest BCUT2D eigenvalue weighted by atomic mass is 19.4. The van der Waals surface area contributed by atoms with Gasteiger partial charge in [0.05, 0.1) is 6.04 Å². The largest absolute Gasteiger partial charge is 0.411 e. The van der Waals surface area contributed by atoms with E-state index >= 15 is 0 Å². The Morgan fingerprint density at radius 3 is 2.59 bits per heavy atom. The zero-order valence-electron chi connectivity index (χ0n) is 9.49. The van der Waals surface area contributed by atoms with Crippen LogP contribution < -0.4 is 5.73 Å². The van der Waals surface area contributed by atoms with Gasteiger partial charge in [-0.2, -0.15) is 18.2 Å². The first-order chi connectivity index (χ1) is 7.79. The minimum atomic E-state index is -4.36. The number of hydrogen-bond donors (Lipinski definition) is 1. The van der Waals surface area contributed by atoms with Crippen molar-refractivity contribution in [2.45, 2.75) is 32.7 Å². The van der Waals surface area contributed by atoms with Crippen LogP contribution in [0.1, 0.15) is 31.6 Å². The Kier molecular flexibility index (Phi) is 4.47. The third-order valence-electron chi connectivity index (χ3n) is 1.98. The zero-order valence-corrected chi connectivity index (χ0v) is 9.49. The van der Waals surface area contributed by atoms with E-state index in [2.05, 4.69) is 14.9 Å². The number of nitrogens with two attached hydrogens (primary N) is 1. The van der Waals surface area contributed by atoms with E-state index in [1.54, 1.807) is 0 Å². The molecule has 0 unspecified atom stereocenters. The van der Waals surface area contributed by atoms with E-state index in [4.69, 9.17) is 10.3 Å². The molecule has 8 heteroatoms. The van der Waals surface area contributed by atoms with Crippen LogP contribution >= 0.6 is 0 Å². The second-order valence-electron chi connectivity index (χ2n) is 3.93. The molecule has 0 saturated heterocycles. The molecule has 1 atom stereocenters. The molecule has 5 nitrogen and oxygen atoms in total. The Morgan fingerprint density at radius 1 is 1.41 bits per heavy atom. The van der Waals surface area contributed by atoms with E-state index in [1.807, 2.05) is 13.8 Å². The maximum Gasteiger partial charge on any atom is 0.411 e. The normalized spacial score (nSPS) is 14.3. The lowest BCUT2D eigenvalue weighted by Crippen LogP contribution is -2.18. The highest BCUT2D eigenvalue weighted by molar-refractivity contribution is 4.91. The van der Waals surface area contributed by atoms with Gasteiger partial charge in [0, 0.05) is 0 Å². The standard InChI is InChI=1S/C9H14F3N3O2/c1-5(2)7(13)8-14-6(15-17-8)3-16-4-9(10,11)12/h5,7H,3-4,13H2,1-2H3/t7-/m1/s1. The van der Waals surface area contributed by atoms with Crippen molar-refractivity contribution in [3.63, 3.8) is 0 Å². The summed E-state index contributed by atoms with van der Waals surface area (Å²) in [5.41, 5.74) is 5.73. The second kappa shape index (κ2) is 5.46. The van der Waals surface area contributed by atoms with E-state index in [0.29, 0.717) is 0 Å². The van der Waals surface area contributed by atoms with Gasteiger partial charge in [0.1, 0.15) is 13.2 Å². The van der Waals surface area contributed by atoms with Gasteiger partial charge in [0.2, 0.25) is 5.89 Å². The van der Waals surface area contributed by atoms with Crippen LogP contribution in [0.25, 0.3) is 0 Å². The van der Waals surface area contributed by atoms with Crippen molar-refractivity contribution in [1.82, 2.24) is 10.1 Å². The number of nitrogens with zero attached hydrogens (tertiary/aromatic N) is 2. The molecule has 0 bridgehead atoms. The molecule has 2 N–H and O–H groups in total. The summed E-state index contributed by atoms with van der Waals surface area (Å²) in [7, 11) is 0. The smallest absolute Gasteiger partial charge is 0.364 e. The van der Waals surface area contributed by atoms with E-state index in [9.17, 15) is 13.2 Å². The van der Waals surface area contributed by atoms with Crippen LogP contribution in [0.3, 0.4) is 0 Å². The fourth-order valence-corrected chi connectivity index (χ4v) is 1.00. The van der Waals surface area contributed by atoms with Crippen LogP contribution in [0.5, 0.6) is 0 Å². The molecule has 17 heavy (non-hydrogen) atoms. The van der Waals surface area contributed by atoms with Crippen LogP contribution in [-0.2, 0) is 11.3 Å². The van der Waals surface area contributed by atoms with Crippen LogP contribution in [0, 0.1) is 5.92 Å². The maximum absolute atomic E-state index is 11.8. The number of ether oxygens (including phenoxy) is 1. The predicted octanol–water partition coefficient (Wildman–Crippen LogP) is 1.80. The summed E-state index contributed by atoms with van der Waals surface area (Å²) in [6.07, 6.45) is -4.36. The number of aromatic nitrogens is 2. The molecule has 0 fully saturated rings. The molecule has 1 aromatic heterocycles. The molecule has 0 amide bonds. The molecule has 0 aliphatic rings. The van der Waals surface area contributed by atoms with Crippen LogP contribution in [-0.4, -0.2) is 22.9 Å². The lowest BCUT2D eigenvalue weighted by atomic mass is 10.1. The van der Waals surface area contributed by atoms with Crippen LogP contribution in [0.2, 0.25) is 0 Å². The van der Waals surface area contributed by atoms with Gasteiger partial charge in [-0.3, -0.25) is 0 Å². The van der Waals surface area contributed by atoms with Crippen LogP contribution in [0.15, 0.2) is 4.52 Å². The third kappa shape index (κ3) is 4.70. The van der Waals surface area contributed by atoms with Crippen LogP contribution in [0.4, 0.5) is 13.2 Å². The van der Waals surface area contributed by atoms with E-state index < -0.39 is 18.8 Å². The molecule has 0 aliphatic heterocycles. The first kappa shape index (κ1) is 13.9. The second-order valence-corrected chi connectivity index (χ2v) is 3.93. The molecule has 1 aromatic rings. The molecule has 0 saturated carbocycles. The topological polar surface area (TPSA) is 74.2 Å². The van der Waals surface area contributed by atoms with Crippen molar-refractivity contribution < 1.29 is 22.4 Å². The maximum atomic E-state index is 11.8.